The average molecular weight is 351 g/mol. The monoisotopic (exact) mass is 350 g/mol. The van der Waals surface area contributed by atoms with Crippen LogP contribution in [0.2, 0.25) is 5.02 Å². The molecule has 1 aliphatic heterocycles. The molecule has 0 atom stereocenters. The van der Waals surface area contributed by atoms with Gasteiger partial charge in [0.1, 0.15) is 6.54 Å². The molecule has 1 saturated heterocycles. The largest absolute Gasteiger partial charge is 0.502 e. The number of likely N-dealkylation sites (tertiary alicyclic amines) is 1. The predicted molar refractivity (Wildman–Crippen MR) is 90.9 cm³/mol. The number of nitrogens with one attached hydrogen (secondary N) is 2. The highest BCUT2D eigenvalue weighted by Gasteiger charge is 2.29. The average Bonchev–Trinajstić information content (AvgIpc) is 2.60. The third-order valence-electron chi connectivity index (χ3n) is 4.71. The Morgan fingerprint density at radius 2 is 2.21 bits per heavy atom. The second-order valence-corrected chi connectivity index (χ2v) is 6.69. The normalized spacial score (nSPS) is 20.9. The van der Waals surface area contributed by atoms with E-state index in [9.17, 15) is 9.90 Å². The van der Waals surface area contributed by atoms with Gasteiger partial charge in [-0.3, -0.25) is 4.79 Å². The fourth-order valence-corrected chi connectivity index (χ4v) is 3.68. The number of ether oxygens (including phenoxy) is 1. The van der Waals surface area contributed by atoms with Crippen LogP contribution in [0.4, 0.5) is 0 Å². The van der Waals surface area contributed by atoms with Crippen LogP contribution in [0, 0.1) is 5.92 Å². The van der Waals surface area contributed by atoms with Crippen LogP contribution in [-0.2, 0) is 16.1 Å². The topological polar surface area (TPSA) is 65.1 Å². The summed E-state index contributed by atoms with van der Waals surface area (Å²) in [6.45, 7) is 4.74. The highest BCUT2D eigenvalue weighted by atomic mass is 35.5. The molecule has 0 radical (unpaired) electrons. The van der Waals surface area contributed by atoms with Crippen molar-refractivity contribution in [2.45, 2.75) is 26.3 Å². The molecule has 5 nitrogen and oxygen atoms in total. The van der Waals surface area contributed by atoms with Gasteiger partial charge < -0.3 is 14.7 Å². The number of carbonyl (C=O) groups is 1. The number of aromatic amines is 1. The van der Waals surface area contributed by atoms with Gasteiger partial charge in [-0.25, -0.2) is 4.98 Å². The number of phenols is 1. The molecule has 1 aliphatic rings. The number of aromatic hydroxyl groups is 1. The highest BCUT2D eigenvalue weighted by Crippen LogP contribution is 2.31. The quantitative estimate of drug-likeness (QED) is 0.819. The maximum atomic E-state index is 11.8. The molecule has 0 saturated carbocycles. The number of rotatable bonds is 4. The molecule has 1 aromatic heterocycles. The predicted octanol–water partition coefficient (Wildman–Crippen LogP) is 1.37. The van der Waals surface area contributed by atoms with Gasteiger partial charge in [0.25, 0.3) is 5.52 Å². The smallest absolute Gasteiger partial charge is 0.309 e. The molecular formula is C18H23ClN2O3+2. The summed E-state index contributed by atoms with van der Waals surface area (Å²) >= 11 is 6.35. The fraction of sp³-hybridized carbons (Fsp3) is 0.444. The number of esters is 1. The first-order valence-corrected chi connectivity index (χ1v) is 8.79. The van der Waals surface area contributed by atoms with Gasteiger partial charge in [-0.15, -0.1) is 0 Å². The number of hydrogen-bond acceptors (Lipinski definition) is 3. The summed E-state index contributed by atoms with van der Waals surface area (Å²) in [6.07, 6.45) is 3.42. The van der Waals surface area contributed by atoms with Crippen molar-refractivity contribution in [1.29, 1.82) is 0 Å². The van der Waals surface area contributed by atoms with Gasteiger partial charge in [0.2, 0.25) is 0 Å². The van der Waals surface area contributed by atoms with Gasteiger partial charge in [0.05, 0.1) is 41.6 Å². The third kappa shape index (κ3) is 3.47. The number of hydrogen-bond donors (Lipinski definition) is 2. The Balaban J connectivity index is 1.70. The Kier molecular flexibility index (Phi) is 5.21. The van der Waals surface area contributed by atoms with Crippen LogP contribution < -0.4 is 9.88 Å². The molecular weight excluding hydrogens is 328 g/mol. The van der Waals surface area contributed by atoms with E-state index in [0.717, 1.165) is 36.9 Å². The molecule has 1 aromatic carbocycles. The van der Waals surface area contributed by atoms with Crippen molar-refractivity contribution in [2.24, 2.45) is 5.92 Å². The van der Waals surface area contributed by atoms with Crippen LogP contribution in [0.1, 0.15) is 25.3 Å². The van der Waals surface area contributed by atoms with Gasteiger partial charge in [-0.05, 0) is 19.1 Å². The second kappa shape index (κ2) is 7.36. The van der Waals surface area contributed by atoms with Crippen molar-refractivity contribution in [3.05, 3.63) is 35.0 Å². The lowest BCUT2D eigenvalue weighted by Crippen LogP contribution is -3.11. The number of benzene rings is 1. The summed E-state index contributed by atoms with van der Waals surface area (Å²) in [6, 6.07) is 5.59. The first-order chi connectivity index (χ1) is 11.6. The minimum absolute atomic E-state index is 0.0100. The van der Waals surface area contributed by atoms with Crippen molar-refractivity contribution in [3.8, 4) is 5.75 Å². The number of quaternary nitrogens is 1. The minimum atomic E-state index is -0.0808. The molecule has 0 aliphatic carbocycles. The van der Waals surface area contributed by atoms with Gasteiger partial charge in [-0.2, -0.15) is 0 Å². The van der Waals surface area contributed by atoms with Crippen LogP contribution in [0.25, 0.3) is 10.9 Å². The molecule has 0 unspecified atom stereocenters. The summed E-state index contributed by atoms with van der Waals surface area (Å²) in [5.74, 6) is 0.189. The molecule has 0 spiro atoms. The number of halogens is 1. The molecule has 24 heavy (non-hydrogen) atoms. The first-order valence-electron chi connectivity index (χ1n) is 8.41. The van der Waals surface area contributed by atoms with E-state index in [1.807, 2.05) is 25.1 Å². The Morgan fingerprint density at radius 3 is 2.92 bits per heavy atom. The van der Waals surface area contributed by atoms with Crippen molar-refractivity contribution in [3.63, 3.8) is 0 Å². The Hall–Kier alpha value is -1.85. The summed E-state index contributed by atoms with van der Waals surface area (Å²) in [5, 5.41) is 12.0. The minimum Gasteiger partial charge on any atom is -0.502 e. The van der Waals surface area contributed by atoms with E-state index in [2.05, 4.69) is 4.98 Å². The molecule has 0 bridgehead atoms. The standard InChI is InChI=1S/C18H21ClN2O3/c1-2-24-18(23)12-5-8-21(9-6-12)11-13-10-15(19)14-4-3-7-20-16(14)17(13)22/h3-4,7,10,12,22H,2,5-6,8-9,11H2,1H3/p+2. The third-order valence-corrected chi connectivity index (χ3v) is 5.02. The zero-order valence-corrected chi connectivity index (χ0v) is 14.5. The van der Waals surface area contributed by atoms with Gasteiger partial charge in [0.15, 0.2) is 11.9 Å². The SMILES string of the molecule is CCOC(=O)C1CC[NH+](Cc2cc(Cl)c3ccc[nH+]c3c2O)CC1. The zero-order chi connectivity index (χ0) is 17.1. The Bertz CT molecular complexity index is 742. The van der Waals surface area contributed by atoms with E-state index in [1.54, 1.807) is 6.20 Å². The summed E-state index contributed by atoms with van der Waals surface area (Å²) in [4.78, 5) is 16.2. The molecule has 6 heteroatoms. The maximum absolute atomic E-state index is 11.8. The van der Waals surface area contributed by atoms with Gasteiger partial charge in [0, 0.05) is 18.9 Å². The van der Waals surface area contributed by atoms with Crippen LogP contribution in [-0.4, -0.2) is 30.8 Å². The Morgan fingerprint density at radius 1 is 1.46 bits per heavy atom. The van der Waals surface area contributed by atoms with Crippen LogP contribution in [0.5, 0.6) is 5.75 Å². The Labute approximate surface area is 146 Å². The lowest BCUT2D eigenvalue weighted by atomic mass is 9.96. The van der Waals surface area contributed by atoms with E-state index >= 15 is 0 Å². The van der Waals surface area contributed by atoms with E-state index in [0.29, 0.717) is 23.7 Å². The maximum Gasteiger partial charge on any atom is 0.309 e. The number of phenolic OH excluding ortho intramolecular Hbond substituents is 1. The number of pyridine rings is 1. The molecule has 2 aromatic rings. The van der Waals surface area contributed by atoms with Crippen LogP contribution in [0.15, 0.2) is 24.4 Å². The van der Waals surface area contributed by atoms with Crippen LogP contribution >= 0.6 is 11.6 Å². The number of H-pyrrole nitrogens is 1. The number of carbonyl (C=O) groups excluding carboxylic acids is 1. The van der Waals surface area contributed by atoms with Crippen LogP contribution in [0.3, 0.4) is 0 Å². The first kappa shape index (κ1) is 17.0. The zero-order valence-electron chi connectivity index (χ0n) is 13.8. The summed E-state index contributed by atoms with van der Waals surface area (Å²) < 4.78 is 5.11. The number of piperidine rings is 1. The van der Waals surface area contributed by atoms with Gasteiger partial charge >= 0.3 is 5.97 Å². The molecule has 2 heterocycles. The summed E-state index contributed by atoms with van der Waals surface area (Å²) in [7, 11) is 0. The molecule has 128 valence electrons. The fourth-order valence-electron chi connectivity index (χ4n) is 3.39. The number of fused-ring (bicyclic) bond motifs is 1. The lowest BCUT2D eigenvalue weighted by molar-refractivity contribution is -0.919. The van der Waals surface area contributed by atoms with Gasteiger partial charge in [-0.1, -0.05) is 11.6 Å². The van der Waals surface area contributed by atoms with E-state index < -0.39 is 0 Å². The van der Waals surface area contributed by atoms with E-state index in [-0.39, 0.29) is 17.6 Å². The summed E-state index contributed by atoms with van der Waals surface area (Å²) in [5.41, 5.74) is 1.50. The molecule has 1 fully saturated rings. The van der Waals surface area contributed by atoms with E-state index in [4.69, 9.17) is 16.3 Å². The van der Waals surface area contributed by atoms with E-state index in [1.165, 1.54) is 4.90 Å². The molecule has 0 amide bonds. The lowest BCUT2D eigenvalue weighted by Gasteiger charge is -2.28. The molecule has 3 rings (SSSR count). The van der Waals surface area contributed by atoms with Crippen molar-refractivity contribution >= 4 is 28.5 Å². The number of aromatic nitrogens is 1. The van der Waals surface area contributed by atoms with Crippen molar-refractivity contribution in [1.82, 2.24) is 0 Å². The molecule has 3 N–H and O–H groups in total. The van der Waals surface area contributed by atoms with Crippen molar-refractivity contribution in [2.75, 3.05) is 19.7 Å². The van der Waals surface area contributed by atoms with Crippen molar-refractivity contribution < 1.29 is 24.5 Å². The second-order valence-electron chi connectivity index (χ2n) is 6.28. The highest BCUT2D eigenvalue weighted by molar-refractivity contribution is 6.35.